The Morgan fingerprint density at radius 1 is 1.00 bits per heavy atom. The van der Waals surface area contributed by atoms with E-state index in [9.17, 15) is 9.90 Å². The third kappa shape index (κ3) is 7.59. The fourth-order valence-corrected chi connectivity index (χ4v) is 2.75. The number of hydrogen-bond donors (Lipinski definition) is 1. The van der Waals surface area contributed by atoms with E-state index < -0.39 is 11.4 Å². The molecular weight excluding hydrogens is 236 g/mol. The zero-order chi connectivity index (χ0) is 14.7. The van der Waals surface area contributed by atoms with Crippen molar-refractivity contribution in [3.8, 4) is 0 Å². The fraction of sp³-hybridized carbons (Fsp3) is 0.941. The van der Waals surface area contributed by atoms with Crippen LogP contribution in [-0.4, -0.2) is 11.1 Å². The van der Waals surface area contributed by atoms with E-state index in [2.05, 4.69) is 20.8 Å². The first-order valence-corrected chi connectivity index (χ1v) is 8.22. The van der Waals surface area contributed by atoms with Crippen molar-refractivity contribution >= 4 is 5.97 Å². The Bertz CT molecular complexity index is 235. The van der Waals surface area contributed by atoms with E-state index in [0.29, 0.717) is 0 Å². The molecule has 0 aliphatic carbocycles. The van der Waals surface area contributed by atoms with E-state index in [0.717, 1.165) is 38.0 Å². The van der Waals surface area contributed by atoms with E-state index in [4.69, 9.17) is 0 Å². The van der Waals surface area contributed by atoms with Crippen LogP contribution in [0.5, 0.6) is 0 Å². The van der Waals surface area contributed by atoms with Crippen LogP contribution in [0.1, 0.15) is 91.9 Å². The molecule has 0 amide bonds. The van der Waals surface area contributed by atoms with Gasteiger partial charge < -0.3 is 5.11 Å². The molecule has 1 N–H and O–H groups in total. The summed E-state index contributed by atoms with van der Waals surface area (Å²) in [5.41, 5.74) is -0.454. The average Bonchev–Trinajstić information content (AvgIpc) is 2.36. The van der Waals surface area contributed by atoms with Crippen molar-refractivity contribution in [3.05, 3.63) is 0 Å². The highest BCUT2D eigenvalue weighted by Crippen LogP contribution is 2.35. The summed E-state index contributed by atoms with van der Waals surface area (Å²) < 4.78 is 0. The van der Waals surface area contributed by atoms with Crippen LogP contribution in [0.2, 0.25) is 0 Å². The molecule has 1 atom stereocenters. The molecule has 0 rings (SSSR count). The second-order valence-electron chi connectivity index (χ2n) is 6.39. The molecule has 0 radical (unpaired) electrons. The van der Waals surface area contributed by atoms with E-state index in [1.165, 1.54) is 32.1 Å². The molecule has 19 heavy (non-hydrogen) atoms. The summed E-state index contributed by atoms with van der Waals surface area (Å²) in [5.74, 6) is 0.154. The molecule has 0 fully saturated rings. The van der Waals surface area contributed by atoms with Gasteiger partial charge in [0.05, 0.1) is 5.41 Å². The predicted octanol–water partition coefficient (Wildman–Crippen LogP) is 5.65. The second-order valence-corrected chi connectivity index (χ2v) is 6.39. The molecule has 0 aromatic heterocycles. The Balaban J connectivity index is 4.22. The highest BCUT2D eigenvalue weighted by Gasteiger charge is 2.35. The third-order valence-electron chi connectivity index (χ3n) is 4.33. The third-order valence-corrected chi connectivity index (χ3v) is 4.33. The molecule has 2 nitrogen and oxygen atoms in total. The Kier molecular flexibility index (Phi) is 9.99. The SMILES string of the molecule is CCCCCCC(CC)(CCCCC(C)C)C(=O)O. The van der Waals surface area contributed by atoms with Crippen molar-refractivity contribution in [2.75, 3.05) is 0 Å². The Morgan fingerprint density at radius 2 is 1.58 bits per heavy atom. The van der Waals surface area contributed by atoms with Gasteiger partial charge >= 0.3 is 5.97 Å². The number of carbonyl (C=O) groups is 1. The van der Waals surface area contributed by atoms with E-state index in [1.54, 1.807) is 0 Å². The first-order chi connectivity index (χ1) is 8.98. The molecule has 0 saturated heterocycles. The molecule has 1 unspecified atom stereocenters. The summed E-state index contributed by atoms with van der Waals surface area (Å²) in [6.07, 6.45) is 10.6. The molecule has 0 aliphatic rings. The van der Waals surface area contributed by atoms with Gasteiger partial charge in [-0.1, -0.05) is 72.6 Å². The first-order valence-electron chi connectivity index (χ1n) is 8.22. The largest absolute Gasteiger partial charge is 0.481 e. The Labute approximate surface area is 120 Å². The van der Waals surface area contributed by atoms with Crippen LogP contribution in [0.25, 0.3) is 0 Å². The van der Waals surface area contributed by atoms with Crippen molar-refractivity contribution in [2.24, 2.45) is 11.3 Å². The molecule has 0 aromatic carbocycles. The van der Waals surface area contributed by atoms with E-state index in [-0.39, 0.29) is 0 Å². The minimum absolute atomic E-state index is 0.454. The number of unbranched alkanes of at least 4 members (excludes halogenated alkanes) is 4. The molecule has 0 saturated carbocycles. The van der Waals surface area contributed by atoms with Crippen LogP contribution >= 0.6 is 0 Å². The molecular formula is C17H34O2. The van der Waals surface area contributed by atoms with Gasteiger partial charge in [0, 0.05) is 0 Å². The summed E-state index contributed by atoms with van der Waals surface area (Å²) in [7, 11) is 0. The second kappa shape index (κ2) is 10.3. The van der Waals surface area contributed by atoms with Gasteiger partial charge in [0.2, 0.25) is 0 Å². The quantitative estimate of drug-likeness (QED) is 0.465. The first kappa shape index (κ1) is 18.5. The molecule has 0 aromatic rings. The molecule has 0 heterocycles. The van der Waals surface area contributed by atoms with Crippen LogP contribution in [0, 0.1) is 11.3 Å². The average molecular weight is 270 g/mol. The van der Waals surface area contributed by atoms with Gasteiger partial charge in [-0.3, -0.25) is 4.79 Å². The molecule has 0 aliphatic heterocycles. The van der Waals surface area contributed by atoms with Crippen molar-refractivity contribution < 1.29 is 9.90 Å². The summed E-state index contributed by atoms with van der Waals surface area (Å²) in [6.45, 7) is 8.69. The molecule has 0 bridgehead atoms. The predicted molar refractivity (Wildman–Crippen MR) is 82.4 cm³/mol. The highest BCUT2D eigenvalue weighted by molar-refractivity contribution is 5.74. The number of carboxylic acid groups (broad SMARTS) is 1. The van der Waals surface area contributed by atoms with E-state index in [1.807, 2.05) is 6.92 Å². The number of carboxylic acids is 1. The van der Waals surface area contributed by atoms with Gasteiger partial charge in [-0.05, 0) is 25.2 Å². The van der Waals surface area contributed by atoms with Gasteiger partial charge in [-0.2, -0.15) is 0 Å². The summed E-state index contributed by atoms with van der Waals surface area (Å²) >= 11 is 0. The fourth-order valence-electron chi connectivity index (χ4n) is 2.75. The van der Waals surface area contributed by atoms with Crippen LogP contribution in [-0.2, 0) is 4.79 Å². The van der Waals surface area contributed by atoms with Crippen LogP contribution in [0.3, 0.4) is 0 Å². The lowest BCUT2D eigenvalue weighted by Gasteiger charge is -2.28. The summed E-state index contributed by atoms with van der Waals surface area (Å²) in [6, 6.07) is 0. The van der Waals surface area contributed by atoms with Gasteiger partial charge in [-0.25, -0.2) is 0 Å². The molecule has 114 valence electrons. The Morgan fingerprint density at radius 3 is 2.00 bits per heavy atom. The summed E-state index contributed by atoms with van der Waals surface area (Å²) in [4.78, 5) is 11.6. The minimum Gasteiger partial charge on any atom is -0.481 e. The number of hydrogen-bond acceptors (Lipinski definition) is 1. The molecule has 2 heteroatoms. The van der Waals surface area contributed by atoms with E-state index >= 15 is 0 Å². The van der Waals surface area contributed by atoms with Crippen molar-refractivity contribution in [2.45, 2.75) is 91.9 Å². The molecule has 0 spiro atoms. The van der Waals surface area contributed by atoms with Gasteiger partial charge in [0.15, 0.2) is 0 Å². The van der Waals surface area contributed by atoms with Crippen LogP contribution in [0.15, 0.2) is 0 Å². The van der Waals surface area contributed by atoms with Crippen LogP contribution < -0.4 is 0 Å². The van der Waals surface area contributed by atoms with Crippen molar-refractivity contribution in [3.63, 3.8) is 0 Å². The lowest BCUT2D eigenvalue weighted by molar-refractivity contribution is -0.150. The lowest BCUT2D eigenvalue weighted by atomic mass is 9.75. The highest BCUT2D eigenvalue weighted by atomic mass is 16.4. The van der Waals surface area contributed by atoms with Gasteiger partial charge in [0.1, 0.15) is 0 Å². The topological polar surface area (TPSA) is 37.3 Å². The smallest absolute Gasteiger partial charge is 0.309 e. The maximum absolute atomic E-state index is 11.6. The zero-order valence-electron chi connectivity index (χ0n) is 13.5. The maximum atomic E-state index is 11.6. The lowest BCUT2D eigenvalue weighted by Crippen LogP contribution is -2.30. The number of rotatable bonds is 12. The van der Waals surface area contributed by atoms with Crippen molar-refractivity contribution in [1.29, 1.82) is 0 Å². The van der Waals surface area contributed by atoms with Crippen molar-refractivity contribution in [1.82, 2.24) is 0 Å². The monoisotopic (exact) mass is 270 g/mol. The maximum Gasteiger partial charge on any atom is 0.309 e. The normalized spacial score (nSPS) is 14.6. The standard InChI is InChI=1S/C17H34O2/c1-5-7-8-10-13-17(6-2,16(18)19)14-11-9-12-15(3)4/h15H,5-14H2,1-4H3,(H,18,19). The van der Waals surface area contributed by atoms with Gasteiger partial charge in [0.25, 0.3) is 0 Å². The zero-order valence-corrected chi connectivity index (χ0v) is 13.5. The number of aliphatic carboxylic acids is 1. The Hall–Kier alpha value is -0.530. The van der Waals surface area contributed by atoms with Gasteiger partial charge in [-0.15, -0.1) is 0 Å². The summed E-state index contributed by atoms with van der Waals surface area (Å²) in [5, 5.41) is 9.59. The van der Waals surface area contributed by atoms with Crippen LogP contribution in [0.4, 0.5) is 0 Å². The minimum atomic E-state index is -0.573.